The lowest BCUT2D eigenvalue weighted by molar-refractivity contribution is 0.0762. The van der Waals surface area contributed by atoms with Gasteiger partial charge < -0.3 is 4.74 Å². The fourth-order valence-electron chi connectivity index (χ4n) is 1.77. The van der Waals surface area contributed by atoms with Crippen LogP contribution in [0.5, 0.6) is 0 Å². The molecule has 0 fully saturated rings. The van der Waals surface area contributed by atoms with E-state index in [0.717, 1.165) is 22.0 Å². The third-order valence-corrected chi connectivity index (χ3v) is 3.58. The van der Waals surface area contributed by atoms with Gasteiger partial charge in [-0.25, -0.2) is 4.98 Å². The van der Waals surface area contributed by atoms with Gasteiger partial charge in [0.25, 0.3) is 0 Å². The molecule has 2 aromatic rings. The number of aryl methyl sites for hydroxylation is 2. The van der Waals surface area contributed by atoms with Crippen molar-refractivity contribution in [2.45, 2.75) is 26.9 Å². The van der Waals surface area contributed by atoms with Crippen LogP contribution in [0.1, 0.15) is 30.7 Å². The zero-order chi connectivity index (χ0) is 12.4. The minimum atomic E-state index is 0.0655. The van der Waals surface area contributed by atoms with E-state index < -0.39 is 0 Å². The molecule has 5 heteroatoms. The molecule has 2 heterocycles. The summed E-state index contributed by atoms with van der Waals surface area (Å²) in [6.45, 7) is 6.74. The highest BCUT2D eigenvalue weighted by Gasteiger charge is 2.13. The molecule has 0 saturated carbocycles. The molecule has 4 nitrogen and oxygen atoms in total. The zero-order valence-electron chi connectivity index (χ0n) is 10.6. The second-order valence-corrected chi connectivity index (χ2v) is 4.86. The Kier molecular flexibility index (Phi) is 3.59. The lowest BCUT2D eigenvalue weighted by Gasteiger charge is -2.06. The van der Waals surface area contributed by atoms with Crippen molar-refractivity contribution in [2.24, 2.45) is 7.05 Å². The summed E-state index contributed by atoms with van der Waals surface area (Å²) in [5.74, 6) is 0. The van der Waals surface area contributed by atoms with E-state index >= 15 is 0 Å². The van der Waals surface area contributed by atoms with Crippen LogP contribution in [-0.2, 0) is 11.8 Å². The molecule has 0 saturated heterocycles. The van der Waals surface area contributed by atoms with Crippen molar-refractivity contribution in [3.8, 4) is 11.3 Å². The van der Waals surface area contributed by atoms with Crippen molar-refractivity contribution in [2.75, 3.05) is 6.61 Å². The Bertz CT molecular complexity index is 504. The Hall–Kier alpha value is -1.20. The smallest absolute Gasteiger partial charge is 0.122 e. The van der Waals surface area contributed by atoms with E-state index in [1.807, 2.05) is 38.7 Å². The first-order chi connectivity index (χ1) is 8.11. The molecule has 0 bridgehead atoms. The van der Waals surface area contributed by atoms with Crippen LogP contribution in [0.15, 0.2) is 11.6 Å². The number of ether oxygens (including phenoxy) is 1. The Labute approximate surface area is 105 Å². The molecule has 0 amide bonds. The van der Waals surface area contributed by atoms with Crippen LogP contribution >= 0.6 is 11.3 Å². The molecule has 0 aliphatic rings. The highest BCUT2D eigenvalue weighted by atomic mass is 32.1. The van der Waals surface area contributed by atoms with E-state index in [0.29, 0.717) is 6.61 Å². The van der Waals surface area contributed by atoms with Gasteiger partial charge in [0, 0.05) is 30.8 Å². The normalized spacial score (nSPS) is 12.9. The minimum absolute atomic E-state index is 0.0655. The molecule has 0 aliphatic heterocycles. The fourth-order valence-corrected chi connectivity index (χ4v) is 2.59. The van der Waals surface area contributed by atoms with Crippen molar-refractivity contribution in [3.05, 3.63) is 22.3 Å². The molecule has 2 aromatic heterocycles. The molecule has 0 radical (unpaired) electrons. The first kappa shape index (κ1) is 12.3. The van der Waals surface area contributed by atoms with Gasteiger partial charge in [0.2, 0.25) is 0 Å². The van der Waals surface area contributed by atoms with Crippen LogP contribution in [0.2, 0.25) is 0 Å². The summed E-state index contributed by atoms with van der Waals surface area (Å²) < 4.78 is 7.35. The van der Waals surface area contributed by atoms with Gasteiger partial charge >= 0.3 is 0 Å². The van der Waals surface area contributed by atoms with Crippen LogP contribution in [-0.4, -0.2) is 21.4 Å². The van der Waals surface area contributed by atoms with E-state index in [9.17, 15) is 0 Å². The van der Waals surface area contributed by atoms with Gasteiger partial charge in [-0.1, -0.05) is 0 Å². The number of aromatic nitrogens is 3. The first-order valence-electron chi connectivity index (χ1n) is 5.69. The summed E-state index contributed by atoms with van der Waals surface area (Å²) in [4.78, 5) is 4.61. The summed E-state index contributed by atoms with van der Waals surface area (Å²) in [5.41, 5.74) is 3.09. The maximum absolute atomic E-state index is 5.54. The average molecular weight is 251 g/mol. The largest absolute Gasteiger partial charge is 0.372 e. The van der Waals surface area contributed by atoms with Crippen LogP contribution in [0.3, 0.4) is 0 Å². The van der Waals surface area contributed by atoms with Crippen molar-refractivity contribution in [3.63, 3.8) is 0 Å². The van der Waals surface area contributed by atoms with Crippen molar-refractivity contribution < 1.29 is 4.74 Å². The van der Waals surface area contributed by atoms with E-state index in [-0.39, 0.29) is 6.10 Å². The Morgan fingerprint density at radius 1 is 1.53 bits per heavy atom. The molecular weight excluding hydrogens is 234 g/mol. The van der Waals surface area contributed by atoms with Crippen molar-refractivity contribution >= 4 is 11.3 Å². The summed E-state index contributed by atoms with van der Waals surface area (Å²) in [7, 11) is 1.92. The number of rotatable bonds is 4. The zero-order valence-corrected chi connectivity index (χ0v) is 11.4. The summed E-state index contributed by atoms with van der Waals surface area (Å²) >= 11 is 1.64. The van der Waals surface area contributed by atoms with Crippen LogP contribution < -0.4 is 0 Å². The van der Waals surface area contributed by atoms with Crippen LogP contribution in [0, 0.1) is 6.92 Å². The molecule has 1 atom stereocenters. The Morgan fingerprint density at radius 2 is 2.29 bits per heavy atom. The molecular formula is C12H17N3OS. The maximum Gasteiger partial charge on any atom is 0.122 e. The topological polar surface area (TPSA) is 39.9 Å². The molecule has 92 valence electrons. The highest BCUT2D eigenvalue weighted by molar-refractivity contribution is 7.10. The van der Waals surface area contributed by atoms with E-state index in [4.69, 9.17) is 4.74 Å². The Balaban J connectivity index is 2.26. The first-order valence-corrected chi connectivity index (χ1v) is 6.57. The maximum atomic E-state index is 5.54. The Morgan fingerprint density at radius 3 is 2.88 bits per heavy atom. The SMILES string of the molecule is CCO[C@@H](C)c1nc(-c2cn(C)nc2C)cs1. The lowest BCUT2D eigenvalue weighted by atomic mass is 10.2. The summed E-state index contributed by atoms with van der Waals surface area (Å²) in [6, 6.07) is 0. The van der Waals surface area contributed by atoms with E-state index in [1.54, 1.807) is 11.3 Å². The number of hydrogen-bond acceptors (Lipinski definition) is 4. The molecule has 17 heavy (non-hydrogen) atoms. The van der Waals surface area contributed by atoms with Gasteiger partial charge in [-0.3, -0.25) is 4.68 Å². The molecule has 0 spiro atoms. The fraction of sp³-hybridized carbons (Fsp3) is 0.500. The number of hydrogen-bond donors (Lipinski definition) is 0. The third-order valence-electron chi connectivity index (χ3n) is 2.58. The van der Waals surface area contributed by atoms with Crippen molar-refractivity contribution in [1.29, 1.82) is 0 Å². The highest BCUT2D eigenvalue weighted by Crippen LogP contribution is 2.28. The van der Waals surface area contributed by atoms with E-state index in [2.05, 4.69) is 15.5 Å². The molecule has 2 rings (SSSR count). The summed E-state index contributed by atoms with van der Waals surface area (Å²) in [6.07, 6.45) is 2.07. The van der Waals surface area contributed by atoms with Gasteiger partial charge in [-0.05, 0) is 20.8 Å². The number of thiazole rings is 1. The molecule has 0 unspecified atom stereocenters. The second-order valence-electron chi connectivity index (χ2n) is 3.97. The quantitative estimate of drug-likeness (QED) is 0.838. The lowest BCUT2D eigenvalue weighted by Crippen LogP contribution is -1.98. The second kappa shape index (κ2) is 4.98. The predicted molar refractivity (Wildman–Crippen MR) is 69.1 cm³/mol. The van der Waals surface area contributed by atoms with Crippen molar-refractivity contribution in [1.82, 2.24) is 14.8 Å². The average Bonchev–Trinajstić information content (AvgIpc) is 2.85. The van der Waals surface area contributed by atoms with Crippen LogP contribution in [0.4, 0.5) is 0 Å². The van der Waals surface area contributed by atoms with Gasteiger partial charge in [-0.15, -0.1) is 11.3 Å². The predicted octanol–water partition coefficient (Wildman–Crippen LogP) is 2.95. The van der Waals surface area contributed by atoms with Gasteiger partial charge in [0.15, 0.2) is 0 Å². The molecule has 0 aromatic carbocycles. The van der Waals surface area contributed by atoms with Gasteiger partial charge in [0.1, 0.15) is 11.1 Å². The van der Waals surface area contributed by atoms with E-state index in [1.165, 1.54) is 0 Å². The van der Waals surface area contributed by atoms with Gasteiger partial charge in [-0.2, -0.15) is 5.10 Å². The molecule has 0 aliphatic carbocycles. The third kappa shape index (κ3) is 2.56. The summed E-state index contributed by atoms with van der Waals surface area (Å²) in [5, 5.41) is 7.41. The molecule has 0 N–H and O–H groups in total. The minimum Gasteiger partial charge on any atom is -0.372 e. The monoisotopic (exact) mass is 251 g/mol. The van der Waals surface area contributed by atoms with Crippen LogP contribution in [0.25, 0.3) is 11.3 Å². The standard InChI is InChI=1S/C12H17N3OS/c1-5-16-9(3)12-13-11(7-17-12)10-6-15(4)14-8(10)2/h6-7,9H,5H2,1-4H3/t9-/m0/s1. The van der Waals surface area contributed by atoms with Gasteiger partial charge in [0.05, 0.1) is 11.4 Å². The number of nitrogens with zero attached hydrogens (tertiary/aromatic N) is 3.